The van der Waals surface area contributed by atoms with Gasteiger partial charge in [0.2, 0.25) is 0 Å². The summed E-state index contributed by atoms with van der Waals surface area (Å²) in [6.45, 7) is 5.69. The molecule has 0 fully saturated rings. The number of carbonyl (C=O) groups excluding carboxylic acids is 1. The molecule has 0 aliphatic heterocycles. The van der Waals surface area contributed by atoms with Gasteiger partial charge in [-0.1, -0.05) is 34.8 Å². The van der Waals surface area contributed by atoms with Crippen LogP contribution in [0.4, 0.5) is 0 Å². The predicted molar refractivity (Wildman–Crippen MR) is 69.2 cm³/mol. The molecule has 86 valence electrons. The third-order valence-electron chi connectivity index (χ3n) is 2.22. The zero-order valence-corrected chi connectivity index (χ0v) is 10.7. The maximum Gasteiger partial charge on any atom is 0.137 e. The van der Waals surface area contributed by atoms with Crippen LogP contribution >= 0.6 is 23.2 Å². The standard InChI is InChI=1S/C13H14Cl2O/c1-9(2)3-5-11(16)7-10-4-6-12(14)13(15)8-10/h4,6,8H,1,3,5,7H2,2H3. The lowest BCUT2D eigenvalue weighted by Crippen LogP contribution is -2.02. The predicted octanol–water partition coefficient (Wildman–Crippen LogP) is 4.46. The third-order valence-corrected chi connectivity index (χ3v) is 2.95. The molecule has 0 bridgehead atoms. The van der Waals surface area contributed by atoms with E-state index >= 15 is 0 Å². The average Bonchev–Trinajstić information content (AvgIpc) is 2.21. The van der Waals surface area contributed by atoms with Crippen molar-refractivity contribution in [3.8, 4) is 0 Å². The lowest BCUT2D eigenvalue weighted by atomic mass is 10.0. The summed E-state index contributed by atoms with van der Waals surface area (Å²) < 4.78 is 0. The molecule has 0 radical (unpaired) electrons. The molecule has 0 heterocycles. The Morgan fingerprint density at radius 2 is 1.94 bits per heavy atom. The summed E-state index contributed by atoms with van der Waals surface area (Å²) in [4.78, 5) is 11.6. The lowest BCUT2D eigenvalue weighted by molar-refractivity contribution is -0.118. The minimum absolute atomic E-state index is 0.196. The van der Waals surface area contributed by atoms with E-state index in [1.54, 1.807) is 12.1 Å². The molecule has 3 heteroatoms. The van der Waals surface area contributed by atoms with E-state index in [-0.39, 0.29) is 5.78 Å². The van der Waals surface area contributed by atoms with E-state index in [0.29, 0.717) is 22.9 Å². The van der Waals surface area contributed by atoms with Gasteiger partial charge in [0.25, 0.3) is 0 Å². The van der Waals surface area contributed by atoms with E-state index in [4.69, 9.17) is 23.2 Å². The number of allylic oxidation sites excluding steroid dienone is 1. The normalized spacial score (nSPS) is 10.2. The highest BCUT2D eigenvalue weighted by molar-refractivity contribution is 6.42. The van der Waals surface area contributed by atoms with Crippen LogP contribution in [0, 0.1) is 0 Å². The van der Waals surface area contributed by atoms with E-state index in [9.17, 15) is 4.79 Å². The Kier molecular flexibility index (Phi) is 5.04. The van der Waals surface area contributed by atoms with Crippen molar-refractivity contribution in [3.63, 3.8) is 0 Å². The van der Waals surface area contributed by atoms with Gasteiger partial charge in [-0.15, -0.1) is 6.58 Å². The van der Waals surface area contributed by atoms with Crippen LogP contribution in [0.15, 0.2) is 30.4 Å². The Labute approximate surface area is 106 Å². The van der Waals surface area contributed by atoms with Gasteiger partial charge in [-0.3, -0.25) is 4.79 Å². The highest BCUT2D eigenvalue weighted by Crippen LogP contribution is 2.23. The Balaban J connectivity index is 2.56. The molecule has 0 unspecified atom stereocenters. The van der Waals surface area contributed by atoms with Gasteiger partial charge in [0.05, 0.1) is 10.0 Å². The van der Waals surface area contributed by atoms with Crippen molar-refractivity contribution >= 4 is 29.0 Å². The highest BCUT2D eigenvalue weighted by atomic mass is 35.5. The quantitative estimate of drug-likeness (QED) is 0.711. The maximum atomic E-state index is 11.6. The van der Waals surface area contributed by atoms with Gasteiger partial charge in [0, 0.05) is 12.8 Å². The second-order valence-electron chi connectivity index (χ2n) is 3.92. The van der Waals surface area contributed by atoms with Crippen molar-refractivity contribution < 1.29 is 4.79 Å². The number of carbonyl (C=O) groups is 1. The first-order valence-corrected chi connectivity index (χ1v) is 5.84. The van der Waals surface area contributed by atoms with E-state index in [1.165, 1.54) is 0 Å². The Morgan fingerprint density at radius 3 is 2.50 bits per heavy atom. The molecule has 1 rings (SSSR count). The molecule has 16 heavy (non-hydrogen) atoms. The zero-order chi connectivity index (χ0) is 12.1. The fourth-order valence-corrected chi connectivity index (χ4v) is 1.64. The van der Waals surface area contributed by atoms with Crippen LogP contribution in [-0.2, 0) is 11.2 Å². The summed E-state index contributed by atoms with van der Waals surface area (Å²) in [5.41, 5.74) is 1.93. The van der Waals surface area contributed by atoms with Crippen molar-refractivity contribution in [1.82, 2.24) is 0 Å². The minimum Gasteiger partial charge on any atom is -0.299 e. The first-order chi connectivity index (χ1) is 7.49. The number of hydrogen-bond acceptors (Lipinski definition) is 1. The molecule has 1 nitrogen and oxygen atoms in total. The van der Waals surface area contributed by atoms with Gasteiger partial charge in [-0.25, -0.2) is 0 Å². The van der Waals surface area contributed by atoms with Gasteiger partial charge >= 0.3 is 0 Å². The number of Topliss-reactive ketones (excluding diaryl/α,β-unsaturated/α-hetero) is 1. The fourth-order valence-electron chi connectivity index (χ4n) is 1.32. The molecule has 0 aromatic heterocycles. The first-order valence-electron chi connectivity index (χ1n) is 5.09. The summed E-state index contributed by atoms with van der Waals surface area (Å²) in [5, 5.41) is 1.01. The van der Waals surface area contributed by atoms with Crippen molar-refractivity contribution in [3.05, 3.63) is 46.0 Å². The van der Waals surface area contributed by atoms with E-state index in [2.05, 4.69) is 6.58 Å². The molecule has 0 aliphatic carbocycles. The van der Waals surface area contributed by atoms with Crippen LogP contribution in [0.5, 0.6) is 0 Å². The molecule has 0 aliphatic rings. The monoisotopic (exact) mass is 256 g/mol. The summed E-state index contributed by atoms with van der Waals surface area (Å²) >= 11 is 11.7. The van der Waals surface area contributed by atoms with Gasteiger partial charge in [0.15, 0.2) is 0 Å². The smallest absolute Gasteiger partial charge is 0.137 e. The number of ketones is 1. The number of rotatable bonds is 5. The third kappa shape index (κ3) is 4.38. The summed E-state index contributed by atoms with van der Waals surface area (Å²) in [6.07, 6.45) is 1.69. The van der Waals surface area contributed by atoms with E-state index < -0.39 is 0 Å². The molecule has 1 aromatic rings. The van der Waals surface area contributed by atoms with Crippen LogP contribution in [0.3, 0.4) is 0 Å². The summed E-state index contributed by atoms with van der Waals surface area (Å²) in [7, 11) is 0. The largest absolute Gasteiger partial charge is 0.299 e. The first kappa shape index (κ1) is 13.3. The van der Waals surface area contributed by atoms with E-state index in [0.717, 1.165) is 17.6 Å². The molecule has 0 atom stereocenters. The molecule has 0 amide bonds. The average molecular weight is 257 g/mol. The van der Waals surface area contributed by atoms with Gasteiger partial charge in [-0.05, 0) is 31.0 Å². The molecule has 1 aromatic carbocycles. The highest BCUT2D eigenvalue weighted by Gasteiger charge is 2.05. The van der Waals surface area contributed by atoms with Crippen LogP contribution < -0.4 is 0 Å². The maximum absolute atomic E-state index is 11.6. The molecule has 0 spiro atoms. The SMILES string of the molecule is C=C(C)CCC(=O)Cc1ccc(Cl)c(Cl)c1. The number of hydrogen-bond donors (Lipinski definition) is 0. The topological polar surface area (TPSA) is 17.1 Å². The van der Waals surface area contributed by atoms with Crippen molar-refractivity contribution in [2.45, 2.75) is 26.2 Å². The molecule has 0 saturated carbocycles. The number of benzene rings is 1. The van der Waals surface area contributed by atoms with Crippen LogP contribution in [-0.4, -0.2) is 5.78 Å². The summed E-state index contributed by atoms with van der Waals surface area (Å²) in [6, 6.07) is 5.28. The zero-order valence-electron chi connectivity index (χ0n) is 9.22. The van der Waals surface area contributed by atoms with Crippen LogP contribution in [0.1, 0.15) is 25.3 Å². The molecule has 0 saturated heterocycles. The van der Waals surface area contributed by atoms with Crippen LogP contribution in [0.25, 0.3) is 0 Å². The fraction of sp³-hybridized carbons (Fsp3) is 0.308. The van der Waals surface area contributed by atoms with Crippen molar-refractivity contribution in [2.24, 2.45) is 0 Å². The molecular weight excluding hydrogens is 243 g/mol. The number of halogens is 2. The summed E-state index contributed by atoms with van der Waals surface area (Å²) in [5.74, 6) is 0.196. The Hall–Kier alpha value is -0.790. The second kappa shape index (κ2) is 6.07. The van der Waals surface area contributed by atoms with Crippen molar-refractivity contribution in [1.29, 1.82) is 0 Å². The minimum atomic E-state index is 0.196. The second-order valence-corrected chi connectivity index (χ2v) is 4.74. The van der Waals surface area contributed by atoms with Gasteiger partial charge in [-0.2, -0.15) is 0 Å². The van der Waals surface area contributed by atoms with Gasteiger partial charge in [0.1, 0.15) is 5.78 Å². The van der Waals surface area contributed by atoms with E-state index in [1.807, 2.05) is 13.0 Å². The van der Waals surface area contributed by atoms with Crippen molar-refractivity contribution in [2.75, 3.05) is 0 Å². The van der Waals surface area contributed by atoms with Crippen LogP contribution in [0.2, 0.25) is 10.0 Å². The Bertz CT molecular complexity index is 410. The molecular formula is C13H14Cl2O. The van der Waals surface area contributed by atoms with Gasteiger partial charge < -0.3 is 0 Å². The molecule has 0 N–H and O–H groups in total. The Morgan fingerprint density at radius 1 is 1.25 bits per heavy atom. The lowest BCUT2D eigenvalue weighted by Gasteiger charge is -2.03.